The van der Waals surface area contributed by atoms with Crippen LogP contribution in [0.3, 0.4) is 0 Å². The molecule has 2 aromatic heterocycles. The van der Waals surface area contributed by atoms with Crippen molar-refractivity contribution in [1.82, 2.24) is 15.0 Å². The van der Waals surface area contributed by atoms with Gasteiger partial charge in [-0.25, -0.2) is 0 Å². The molecule has 6 nitrogen and oxygen atoms in total. The average molecular weight is 363 g/mol. The molecule has 1 aromatic carbocycles. The van der Waals surface area contributed by atoms with Crippen molar-refractivity contribution in [1.29, 1.82) is 0 Å². The predicted molar refractivity (Wildman–Crippen MR) is 108 cm³/mol. The van der Waals surface area contributed by atoms with Gasteiger partial charge in [0.05, 0.1) is 18.6 Å². The van der Waals surface area contributed by atoms with E-state index in [-0.39, 0.29) is 0 Å². The Morgan fingerprint density at radius 1 is 1.11 bits per heavy atom. The van der Waals surface area contributed by atoms with Crippen LogP contribution in [0.1, 0.15) is 29.7 Å². The van der Waals surface area contributed by atoms with E-state index in [2.05, 4.69) is 46.4 Å². The van der Waals surface area contributed by atoms with Crippen molar-refractivity contribution < 1.29 is 4.74 Å². The van der Waals surface area contributed by atoms with E-state index in [1.54, 1.807) is 0 Å². The number of nitrogens with one attached hydrogen (secondary N) is 2. The molecule has 0 atom stereocenters. The zero-order valence-corrected chi connectivity index (χ0v) is 15.7. The van der Waals surface area contributed by atoms with Crippen molar-refractivity contribution in [3.63, 3.8) is 0 Å². The highest BCUT2D eigenvalue weighted by Crippen LogP contribution is 2.32. The fourth-order valence-corrected chi connectivity index (χ4v) is 4.16. The lowest BCUT2D eigenvalue weighted by Gasteiger charge is -2.27. The van der Waals surface area contributed by atoms with Gasteiger partial charge in [0.2, 0.25) is 5.95 Å². The first-order chi connectivity index (χ1) is 13.3. The predicted octanol–water partition coefficient (Wildman–Crippen LogP) is 3.73. The number of aromatic nitrogens is 3. The molecule has 0 spiro atoms. The monoisotopic (exact) mass is 363 g/mol. The van der Waals surface area contributed by atoms with Crippen LogP contribution in [0.4, 0.5) is 17.5 Å². The summed E-state index contributed by atoms with van der Waals surface area (Å²) in [5.74, 6) is 1.64. The highest BCUT2D eigenvalue weighted by atomic mass is 16.5. The topological polar surface area (TPSA) is 66.1 Å². The molecule has 0 unspecified atom stereocenters. The molecule has 1 aliphatic carbocycles. The highest BCUT2D eigenvalue weighted by Gasteiger charge is 2.19. The maximum absolute atomic E-state index is 5.48. The Labute approximate surface area is 159 Å². The summed E-state index contributed by atoms with van der Waals surface area (Å²) in [6.45, 7) is 5.15. The Kier molecular flexibility index (Phi) is 4.20. The number of morpholine rings is 1. The van der Waals surface area contributed by atoms with Crippen molar-refractivity contribution >= 4 is 28.5 Å². The van der Waals surface area contributed by atoms with Crippen LogP contribution in [0.5, 0.6) is 0 Å². The zero-order chi connectivity index (χ0) is 18.2. The normalized spacial score (nSPS) is 17.1. The Morgan fingerprint density at radius 3 is 2.85 bits per heavy atom. The van der Waals surface area contributed by atoms with Crippen molar-refractivity contribution in [3.8, 4) is 0 Å². The number of hydrogen-bond donors (Lipinski definition) is 2. The van der Waals surface area contributed by atoms with Gasteiger partial charge < -0.3 is 19.9 Å². The number of rotatable bonds is 3. The minimum Gasteiger partial charge on any atom is -0.378 e. The molecular weight excluding hydrogens is 338 g/mol. The fraction of sp³-hybridized carbons (Fsp3) is 0.429. The lowest BCUT2D eigenvalue weighted by Crippen LogP contribution is -2.37. The van der Waals surface area contributed by atoms with E-state index in [0.717, 1.165) is 61.2 Å². The Balaban J connectivity index is 1.57. The van der Waals surface area contributed by atoms with Gasteiger partial charge in [-0.15, -0.1) is 0 Å². The van der Waals surface area contributed by atoms with Gasteiger partial charge in [0.25, 0.3) is 0 Å². The van der Waals surface area contributed by atoms with Crippen LogP contribution in [-0.2, 0) is 17.6 Å². The number of fused-ring (bicyclic) bond motifs is 2. The third kappa shape index (κ3) is 3.14. The van der Waals surface area contributed by atoms with Gasteiger partial charge in [-0.05, 0) is 55.9 Å². The Bertz CT molecular complexity index is 974. The summed E-state index contributed by atoms with van der Waals surface area (Å²) in [6, 6.07) is 8.70. The van der Waals surface area contributed by atoms with Crippen LogP contribution in [0.25, 0.3) is 11.0 Å². The molecule has 1 fully saturated rings. The number of aromatic amines is 1. The third-order valence-electron chi connectivity index (χ3n) is 5.55. The van der Waals surface area contributed by atoms with E-state index < -0.39 is 0 Å². The smallest absolute Gasteiger partial charge is 0.229 e. The molecule has 27 heavy (non-hydrogen) atoms. The summed E-state index contributed by atoms with van der Waals surface area (Å²) in [7, 11) is 0. The van der Waals surface area contributed by atoms with Gasteiger partial charge in [-0.1, -0.05) is 12.1 Å². The molecule has 0 bridgehead atoms. The van der Waals surface area contributed by atoms with Crippen molar-refractivity contribution in [3.05, 3.63) is 41.1 Å². The number of nitrogens with zero attached hydrogens (tertiary/aromatic N) is 3. The largest absolute Gasteiger partial charge is 0.378 e. The van der Waals surface area contributed by atoms with Gasteiger partial charge in [0.1, 0.15) is 11.5 Å². The van der Waals surface area contributed by atoms with Gasteiger partial charge in [0.15, 0.2) is 0 Å². The number of aryl methyl sites for hydroxylation is 2. The Hall–Kier alpha value is -2.60. The van der Waals surface area contributed by atoms with Gasteiger partial charge in [-0.3, -0.25) is 0 Å². The maximum Gasteiger partial charge on any atom is 0.229 e. The number of H-pyrrole nitrogens is 1. The standard InChI is InChI=1S/C21H25N5O/c1-14-13-17-19(22-14)24-21(26-9-11-27-12-10-26)25-20(17)23-18-8-4-6-15-5-2-3-7-16(15)18/h4,6,8,13H,2-3,5,7,9-12H2,1H3,(H2,22,23,24,25). The SMILES string of the molecule is Cc1cc2c(Nc3cccc4c3CCCC4)nc(N3CCOCC3)nc2[nH]1. The highest BCUT2D eigenvalue weighted by molar-refractivity contribution is 5.91. The summed E-state index contributed by atoms with van der Waals surface area (Å²) in [5, 5.41) is 4.68. The average Bonchev–Trinajstić information content (AvgIpc) is 3.09. The third-order valence-corrected chi connectivity index (χ3v) is 5.55. The van der Waals surface area contributed by atoms with Crippen molar-refractivity contribution in [2.24, 2.45) is 0 Å². The second-order valence-corrected chi connectivity index (χ2v) is 7.46. The fourth-order valence-electron chi connectivity index (χ4n) is 4.16. The van der Waals surface area contributed by atoms with E-state index in [9.17, 15) is 0 Å². The van der Waals surface area contributed by atoms with Gasteiger partial charge >= 0.3 is 0 Å². The van der Waals surface area contributed by atoms with Crippen LogP contribution in [0.2, 0.25) is 0 Å². The minimum atomic E-state index is 0.722. The second-order valence-electron chi connectivity index (χ2n) is 7.46. The van der Waals surface area contributed by atoms with Crippen molar-refractivity contribution in [2.75, 3.05) is 36.5 Å². The number of benzene rings is 1. The van der Waals surface area contributed by atoms with Crippen LogP contribution in [-0.4, -0.2) is 41.3 Å². The lowest BCUT2D eigenvalue weighted by molar-refractivity contribution is 0.122. The summed E-state index contributed by atoms with van der Waals surface area (Å²) in [4.78, 5) is 15.3. The first-order valence-corrected chi connectivity index (χ1v) is 9.86. The molecule has 1 aliphatic heterocycles. The summed E-state index contributed by atoms with van der Waals surface area (Å²) in [6.07, 6.45) is 4.85. The van der Waals surface area contributed by atoms with E-state index in [4.69, 9.17) is 14.7 Å². The minimum absolute atomic E-state index is 0.722. The Morgan fingerprint density at radius 2 is 1.96 bits per heavy atom. The molecule has 140 valence electrons. The number of hydrogen-bond acceptors (Lipinski definition) is 5. The molecule has 0 radical (unpaired) electrons. The maximum atomic E-state index is 5.48. The van der Waals surface area contributed by atoms with Crippen LogP contribution in [0.15, 0.2) is 24.3 Å². The summed E-state index contributed by atoms with van der Waals surface area (Å²) >= 11 is 0. The quantitative estimate of drug-likeness (QED) is 0.742. The van der Waals surface area contributed by atoms with Crippen LogP contribution in [0, 0.1) is 6.92 Å². The zero-order valence-electron chi connectivity index (χ0n) is 15.7. The molecular formula is C21H25N5O. The first-order valence-electron chi connectivity index (χ1n) is 9.86. The molecule has 3 heterocycles. The summed E-state index contributed by atoms with van der Waals surface area (Å²) < 4.78 is 5.48. The molecule has 2 N–H and O–H groups in total. The summed E-state index contributed by atoms with van der Waals surface area (Å²) in [5.41, 5.74) is 6.07. The van der Waals surface area contributed by atoms with Gasteiger partial charge in [-0.2, -0.15) is 9.97 Å². The molecule has 0 amide bonds. The van der Waals surface area contributed by atoms with Crippen LogP contribution >= 0.6 is 0 Å². The molecule has 6 heteroatoms. The molecule has 3 aromatic rings. The molecule has 0 saturated carbocycles. The molecule has 5 rings (SSSR count). The molecule has 2 aliphatic rings. The van der Waals surface area contributed by atoms with E-state index >= 15 is 0 Å². The number of ether oxygens (including phenoxy) is 1. The van der Waals surface area contributed by atoms with Crippen molar-refractivity contribution in [2.45, 2.75) is 32.6 Å². The van der Waals surface area contributed by atoms with Gasteiger partial charge in [0, 0.05) is 24.5 Å². The van der Waals surface area contributed by atoms with Crippen LogP contribution < -0.4 is 10.2 Å². The second kappa shape index (κ2) is 6.85. The first kappa shape index (κ1) is 16.6. The van der Waals surface area contributed by atoms with E-state index in [1.807, 2.05) is 0 Å². The van der Waals surface area contributed by atoms with E-state index in [1.165, 1.54) is 36.1 Å². The lowest BCUT2D eigenvalue weighted by atomic mass is 9.90. The van der Waals surface area contributed by atoms with E-state index in [0.29, 0.717) is 0 Å². The molecule has 1 saturated heterocycles. The number of anilines is 3.